The molecule has 0 unspecified atom stereocenters. The molecule has 7 rings (SSSR count). The van der Waals surface area contributed by atoms with Gasteiger partial charge in [0.25, 0.3) is 0 Å². The second-order valence-corrected chi connectivity index (χ2v) is 12.5. The molecule has 0 aliphatic rings. The molecule has 47 heavy (non-hydrogen) atoms. The smallest absolute Gasteiger partial charge is 0.138 e. The third-order valence-electron chi connectivity index (χ3n) is 8.67. The van der Waals surface area contributed by atoms with Crippen molar-refractivity contribution in [2.75, 3.05) is 0 Å². The molecule has 2 aromatic heterocycles. The van der Waals surface area contributed by atoms with E-state index in [0.29, 0.717) is 11.4 Å². The summed E-state index contributed by atoms with van der Waals surface area (Å²) >= 11 is 0. The topological polar surface area (TPSA) is 55.9 Å². The molecular formula is C41H37N4OPt-. The second kappa shape index (κ2) is 13.2. The minimum atomic E-state index is 0. The Bertz CT molecular complexity index is 2160. The quantitative estimate of drug-likeness (QED) is 0.164. The van der Waals surface area contributed by atoms with Crippen LogP contribution in [0.2, 0.25) is 0 Å². The van der Waals surface area contributed by atoms with Gasteiger partial charge < -0.3 is 9.67 Å². The maximum Gasteiger partial charge on any atom is 0.138 e. The van der Waals surface area contributed by atoms with Crippen LogP contribution in [0.3, 0.4) is 0 Å². The number of nitrogens with zero attached hydrogens (tertiary/aromatic N) is 4. The summed E-state index contributed by atoms with van der Waals surface area (Å²) in [6.07, 6.45) is 2.10. The number of phenolic OH excluding ortho intramolecular Hbond substituents is 1. The van der Waals surface area contributed by atoms with E-state index in [1.165, 1.54) is 22.3 Å². The van der Waals surface area contributed by atoms with Crippen LogP contribution in [-0.4, -0.2) is 24.4 Å². The van der Waals surface area contributed by atoms with Gasteiger partial charge in [0.2, 0.25) is 0 Å². The monoisotopic (exact) mass is 796 g/mol. The Balaban J connectivity index is 0.00000386. The largest absolute Gasteiger partial charge is 0.507 e. The van der Waals surface area contributed by atoms with Crippen LogP contribution in [-0.2, 0) is 21.1 Å². The predicted octanol–water partition coefficient (Wildman–Crippen LogP) is 10.3. The summed E-state index contributed by atoms with van der Waals surface area (Å²) in [7, 11) is 0. The van der Waals surface area contributed by atoms with E-state index in [2.05, 4.69) is 99.1 Å². The van der Waals surface area contributed by atoms with E-state index < -0.39 is 0 Å². The van der Waals surface area contributed by atoms with Crippen LogP contribution in [0.1, 0.15) is 56.4 Å². The minimum Gasteiger partial charge on any atom is -0.507 e. The molecule has 0 bridgehead atoms. The molecule has 238 valence electrons. The molecule has 0 amide bonds. The Kier molecular flexibility index (Phi) is 9.03. The molecule has 6 heteroatoms. The molecule has 7 aromatic rings. The van der Waals surface area contributed by atoms with Crippen molar-refractivity contribution in [1.82, 2.24) is 19.3 Å². The Labute approximate surface area is 290 Å². The van der Waals surface area contributed by atoms with E-state index in [1.807, 2.05) is 60.1 Å². The summed E-state index contributed by atoms with van der Waals surface area (Å²) in [4.78, 5) is 5.21. The molecular weight excluding hydrogens is 760 g/mol. The summed E-state index contributed by atoms with van der Waals surface area (Å²) in [6.45, 7) is 11.0. The molecule has 0 spiro atoms. The van der Waals surface area contributed by atoms with Crippen LogP contribution >= 0.6 is 0 Å². The van der Waals surface area contributed by atoms with Gasteiger partial charge in [-0.25, -0.2) is 0 Å². The first kappa shape index (κ1) is 32.2. The molecule has 0 aliphatic heterocycles. The van der Waals surface area contributed by atoms with Gasteiger partial charge in [0.05, 0.1) is 22.5 Å². The standard InChI is InChI=1S/C41H37N4O.Pt/c1-26(2)35-23-31(29-14-7-6-8-15-29)24-36(27(3)4)40(35)44-25-37(42-41(44)34-19-10-12-21-39(34)46)30-16-13-17-32(22-30)45-38-20-11-9-18-33(38)28(5)43-45;/h6-21,23-27,46H,1-5H3;/q-1;. The van der Waals surface area contributed by atoms with Gasteiger partial charge in [-0.05, 0) is 83.2 Å². The van der Waals surface area contributed by atoms with Gasteiger partial charge in [-0.15, -0.1) is 29.8 Å². The first-order valence-electron chi connectivity index (χ1n) is 15.9. The summed E-state index contributed by atoms with van der Waals surface area (Å²) in [5.41, 5.74) is 11.1. The van der Waals surface area contributed by atoms with Crippen molar-refractivity contribution in [3.8, 4) is 50.9 Å². The van der Waals surface area contributed by atoms with Crippen LogP contribution in [0.25, 0.3) is 56.0 Å². The van der Waals surface area contributed by atoms with Crippen molar-refractivity contribution in [1.29, 1.82) is 0 Å². The second-order valence-electron chi connectivity index (χ2n) is 12.5. The van der Waals surface area contributed by atoms with Gasteiger partial charge in [-0.2, -0.15) is 5.10 Å². The molecule has 0 saturated heterocycles. The summed E-state index contributed by atoms with van der Waals surface area (Å²) in [5, 5.41) is 17.1. The number of aromatic hydroxyl groups is 1. The minimum absolute atomic E-state index is 0. The molecule has 0 saturated carbocycles. The predicted molar refractivity (Wildman–Crippen MR) is 188 cm³/mol. The van der Waals surface area contributed by atoms with Gasteiger partial charge in [-0.1, -0.05) is 88.4 Å². The number of rotatable bonds is 7. The summed E-state index contributed by atoms with van der Waals surface area (Å²) in [6, 6.07) is 40.6. The van der Waals surface area contributed by atoms with Crippen molar-refractivity contribution in [3.05, 3.63) is 138 Å². The average Bonchev–Trinajstić information content (AvgIpc) is 3.66. The molecule has 2 heterocycles. The molecule has 1 N–H and O–H groups in total. The fraction of sp³-hybridized carbons (Fsp3) is 0.171. The fourth-order valence-corrected chi connectivity index (χ4v) is 6.30. The van der Waals surface area contributed by atoms with Gasteiger partial charge in [-0.3, -0.25) is 9.67 Å². The molecule has 5 nitrogen and oxygen atoms in total. The van der Waals surface area contributed by atoms with E-state index in [-0.39, 0.29) is 38.7 Å². The number of aryl methyl sites for hydroxylation is 1. The van der Waals surface area contributed by atoms with Crippen LogP contribution in [0.4, 0.5) is 0 Å². The van der Waals surface area contributed by atoms with Gasteiger partial charge >= 0.3 is 0 Å². The molecule has 0 atom stereocenters. The van der Waals surface area contributed by atoms with Gasteiger partial charge in [0.15, 0.2) is 0 Å². The third kappa shape index (κ3) is 5.97. The van der Waals surface area contributed by atoms with Crippen LogP contribution < -0.4 is 0 Å². The number of benzene rings is 5. The van der Waals surface area contributed by atoms with E-state index in [0.717, 1.165) is 39.2 Å². The van der Waals surface area contributed by atoms with Crippen molar-refractivity contribution in [2.45, 2.75) is 46.5 Å². The van der Waals surface area contributed by atoms with Crippen molar-refractivity contribution in [3.63, 3.8) is 0 Å². The Morgan fingerprint density at radius 3 is 2.09 bits per heavy atom. The normalized spacial score (nSPS) is 11.4. The van der Waals surface area contributed by atoms with E-state index in [4.69, 9.17) is 10.1 Å². The Hall–Kier alpha value is -4.73. The molecule has 5 aromatic carbocycles. The number of hydrogen-bond donors (Lipinski definition) is 1. The van der Waals surface area contributed by atoms with Crippen molar-refractivity contribution >= 4 is 10.9 Å². The zero-order valence-electron chi connectivity index (χ0n) is 27.2. The van der Waals surface area contributed by atoms with Crippen LogP contribution in [0.15, 0.2) is 115 Å². The summed E-state index contributed by atoms with van der Waals surface area (Å²) < 4.78 is 4.13. The number of hydrogen-bond acceptors (Lipinski definition) is 3. The first-order valence-corrected chi connectivity index (χ1v) is 15.9. The van der Waals surface area contributed by atoms with E-state index >= 15 is 0 Å². The maximum absolute atomic E-state index is 11.1. The third-order valence-corrected chi connectivity index (χ3v) is 8.67. The molecule has 0 fully saturated rings. The number of fused-ring (bicyclic) bond motifs is 1. The Morgan fingerprint density at radius 1 is 0.723 bits per heavy atom. The SMILES string of the molecule is Cc1nn(-c2[c-]c(-c3cn(-c4c(C(C)C)cc(-c5ccccc5)cc4C(C)C)c(-c4ccccc4O)n3)ccc2)c2ccccc12.[Pt]. The average molecular weight is 797 g/mol. The summed E-state index contributed by atoms with van der Waals surface area (Å²) in [5.74, 6) is 1.36. The number of aromatic nitrogens is 4. The number of phenols is 1. The maximum atomic E-state index is 11.1. The van der Waals surface area contributed by atoms with E-state index in [1.54, 1.807) is 6.07 Å². The van der Waals surface area contributed by atoms with Crippen molar-refractivity contribution < 1.29 is 26.2 Å². The van der Waals surface area contributed by atoms with Crippen LogP contribution in [0, 0.1) is 13.0 Å². The Morgan fingerprint density at radius 2 is 1.38 bits per heavy atom. The fourth-order valence-electron chi connectivity index (χ4n) is 6.30. The zero-order chi connectivity index (χ0) is 31.9. The number of imidazole rings is 1. The van der Waals surface area contributed by atoms with Crippen LogP contribution in [0.5, 0.6) is 5.75 Å². The van der Waals surface area contributed by atoms with Gasteiger partial charge in [0, 0.05) is 32.1 Å². The number of para-hydroxylation sites is 2. The zero-order valence-corrected chi connectivity index (χ0v) is 29.4. The molecule has 0 radical (unpaired) electrons. The van der Waals surface area contributed by atoms with Gasteiger partial charge in [0.1, 0.15) is 11.6 Å². The first-order chi connectivity index (χ1) is 22.3. The molecule has 0 aliphatic carbocycles. The van der Waals surface area contributed by atoms with Crippen molar-refractivity contribution in [2.24, 2.45) is 0 Å². The van der Waals surface area contributed by atoms with E-state index in [9.17, 15) is 5.11 Å².